The zero-order chi connectivity index (χ0) is 14.4. The summed E-state index contributed by atoms with van der Waals surface area (Å²) in [7, 11) is 0. The van der Waals surface area contributed by atoms with Crippen molar-refractivity contribution in [1.82, 2.24) is 19.7 Å². The Balaban J connectivity index is 1.76. The Labute approximate surface area is 128 Å². The fourth-order valence-corrected chi connectivity index (χ4v) is 3.28. The van der Waals surface area contributed by atoms with E-state index < -0.39 is 0 Å². The number of pyridine rings is 1. The predicted molar refractivity (Wildman–Crippen MR) is 83.2 cm³/mol. The Morgan fingerprint density at radius 2 is 2.19 bits per heavy atom. The van der Waals surface area contributed by atoms with Gasteiger partial charge in [0, 0.05) is 18.8 Å². The molecule has 7 heteroatoms. The van der Waals surface area contributed by atoms with Crippen LogP contribution in [0, 0.1) is 0 Å². The molecule has 0 amide bonds. The Morgan fingerprint density at radius 3 is 3.05 bits per heavy atom. The molecule has 21 heavy (non-hydrogen) atoms. The second-order valence-corrected chi connectivity index (χ2v) is 5.99. The summed E-state index contributed by atoms with van der Waals surface area (Å²) in [5.41, 5.74) is 9.29. The maximum Gasteiger partial charge on any atom is 0.152 e. The number of aryl methyl sites for hydroxylation is 2. The first kappa shape index (κ1) is 12.7. The van der Waals surface area contributed by atoms with E-state index in [-0.39, 0.29) is 0 Å². The number of hydrogen-bond acceptors (Lipinski definition) is 5. The van der Waals surface area contributed by atoms with Gasteiger partial charge in [-0.3, -0.25) is 0 Å². The quantitative estimate of drug-likeness (QED) is 0.828. The molecule has 0 fully saturated rings. The van der Waals surface area contributed by atoms with Crippen LogP contribution in [0.25, 0.3) is 0 Å². The summed E-state index contributed by atoms with van der Waals surface area (Å²) in [4.78, 5) is 7.48. The summed E-state index contributed by atoms with van der Waals surface area (Å²) in [5.74, 6) is 1.86. The second kappa shape index (κ2) is 4.77. The van der Waals surface area contributed by atoms with E-state index in [0.717, 1.165) is 49.6 Å². The minimum Gasteiger partial charge on any atom is -0.389 e. The molecule has 2 aromatic rings. The van der Waals surface area contributed by atoms with Crippen molar-refractivity contribution in [2.24, 2.45) is 5.73 Å². The molecule has 0 saturated heterocycles. The minimum atomic E-state index is 0.416. The number of rotatable bonds is 2. The van der Waals surface area contributed by atoms with Crippen molar-refractivity contribution < 1.29 is 0 Å². The van der Waals surface area contributed by atoms with Crippen LogP contribution < -0.4 is 10.6 Å². The number of aromatic nitrogens is 4. The third-order valence-corrected chi connectivity index (χ3v) is 4.45. The normalized spacial score (nSPS) is 16.7. The molecular formula is C14H16N6S. The van der Waals surface area contributed by atoms with E-state index in [2.05, 4.69) is 25.7 Å². The fourth-order valence-electron chi connectivity index (χ4n) is 3.13. The molecule has 2 aromatic heterocycles. The summed E-state index contributed by atoms with van der Waals surface area (Å²) in [6.07, 6.45) is 5.06. The molecule has 2 aliphatic rings. The van der Waals surface area contributed by atoms with Gasteiger partial charge in [-0.25, -0.2) is 4.98 Å². The molecule has 3 heterocycles. The zero-order valence-electron chi connectivity index (χ0n) is 11.6. The highest BCUT2D eigenvalue weighted by Crippen LogP contribution is 2.29. The van der Waals surface area contributed by atoms with Gasteiger partial charge in [0.05, 0.1) is 12.1 Å². The Morgan fingerprint density at radius 1 is 1.29 bits per heavy atom. The molecule has 0 atom stereocenters. The van der Waals surface area contributed by atoms with Crippen molar-refractivity contribution in [2.45, 2.75) is 32.4 Å². The first-order chi connectivity index (χ1) is 10.2. The van der Waals surface area contributed by atoms with Gasteiger partial charge in [0.15, 0.2) is 5.82 Å². The van der Waals surface area contributed by atoms with Crippen molar-refractivity contribution >= 4 is 23.0 Å². The number of fused-ring (bicyclic) bond motifs is 2. The van der Waals surface area contributed by atoms with Crippen LogP contribution >= 0.6 is 12.2 Å². The number of nitrogens with zero attached hydrogens (tertiary/aromatic N) is 5. The number of nitrogens with two attached hydrogens (primary N) is 1. The standard InChI is InChI=1S/C14H16N6S/c15-13(21)10-6-9-2-1-3-11(9)17-14(10)19-4-5-20-8-16-18-12(20)7-19/h6,8H,1-5,7H2,(H2,15,21). The van der Waals surface area contributed by atoms with E-state index in [1.54, 1.807) is 6.33 Å². The fraction of sp³-hybridized carbons (Fsp3) is 0.429. The molecule has 6 nitrogen and oxygen atoms in total. The lowest BCUT2D eigenvalue weighted by Gasteiger charge is -2.30. The first-order valence-corrected chi connectivity index (χ1v) is 7.57. The monoisotopic (exact) mass is 300 g/mol. The first-order valence-electron chi connectivity index (χ1n) is 7.16. The Hall–Kier alpha value is -2.02. The summed E-state index contributed by atoms with van der Waals surface area (Å²) < 4.78 is 2.07. The molecule has 1 aliphatic carbocycles. The highest BCUT2D eigenvalue weighted by Gasteiger charge is 2.24. The van der Waals surface area contributed by atoms with Crippen LogP contribution in [-0.4, -0.2) is 31.3 Å². The minimum absolute atomic E-state index is 0.416. The van der Waals surface area contributed by atoms with Crippen LogP contribution in [0.5, 0.6) is 0 Å². The van der Waals surface area contributed by atoms with Crippen molar-refractivity contribution in [2.75, 3.05) is 11.4 Å². The maximum atomic E-state index is 5.92. The summed E-state index contributed by atoms with van der Waals surface area (Å²) in [5, 5.41) is 8.12. The lowest BCUT2D eigenvalue weighted by molar-refractivity contribution is 0.555. The third-order valence-electron chi connectivity index (χ3n) is 4.23. The molecule has 0 unspecified atom stereocenters. The van der Waals surface area contributed by atoms with Gasteiger partial charge in [-0.05, 0) is 30.9 Å². The molecule has 0 radical (unpaired) electrons. The number of hydrogen-bond donors (Lipinski definition) is 1. The van der Waals surface area contributed by atoms with Gasteiger partial charge < -0.3 is 15.2 Å². The highest BCUT2D eigenvalue weighted by molar-refractivity contribution is 7.80. The molecule has 1 aliphatic heterocycles. The van der Waals surface area contributed by atoms with E-state index in [4.69, 9.17) is 22.9 Å². The van der Waals surface area contributed by atoms with Gasteiger partial charge >= 0.3 is 0 Å². The van der Waals surface area contributed by atoms with Crippen molar-refractivity contribution in [3.63, 3.8) is 0 Å². The molecular weight excluding hydrogens is 284 g/mol. The van der Waals surface area contributed by atoms with Crippen LogP contribution in [0.15, 0.2) is 12.4 Å². The highest BCUT2D eigenvalue weighted by atomic mass is 32.1. The van der Waals surface area contributed by atoms with Crippen LogP contribution in [0.4, 0.5) is 5.82 Å². The van der Waals surface area contributed by atoms with Gasteiger partial charge in [0.2, 0.25) is 0 Å². The molecule has 0 bridgehead atoms. The SMILES string of the molecule is NC(=S)c1cc2c(nc1N1CCn3cnnc3C1)CCC2. The van der Waals surface area contributed by atoms with Gasteiger partial charge in [-0.1, -0.05) is 12.2 Å². The molecule has 2 N–H and O–H groups in total. The summed E-state index contributed by atoms with van der Waals surface area (Å²) >= 11 is 5.23. The van der Waals surface area contributed by atoms with Gasteiger partial charge in [-0.15, -0.1) is 10.2 Å². The molecule has 0 saturated carbocycles. The Bertz CT molecular complexity index is 722. The van der Waals surface area contributed by atoms with Gasteiger partial charge in [0.1, 0.15) is 17.1 Å². The van der Waals surface area contributed by atoms with Crippen LogP contribution in [-0.2, 0) is 25.9 Å². The van der Waals surface area contributed by atoms with Gasteiger partial charge in [0.25, 0.3) is 0 Å². The van der Waals surface area contributed by atoms with E-state index in [1.165, 1.54) is 11.3 Å². The molecule has 4 rings (SSSR count). The average molecular weight is 300 g/mol. The largest absolute Gasteiger partial charge is 0.389 e. The predicted octanol–water partition coefficient (Wildman–Crippen LogP) is 0.816. The van der Waals surface area contributed by atoms with Crippen molar-refractivity contribution in [3.8, 4) is 0 Å². The lowest BCUT2D eigenvalue weighted by Crippen LogP contribution is -2.35. The van der Waals surface area contributed by atoms with Crippen molar-refractivity contribution in [1.29, 1.82) is 0 Å². The third kappa shape index (κ3) is 2.08. The second-order valence-electron chi connectivity index (χ2n) is 5.55. The smallest absolute Gasteiger partial charge is 0.152 e. The van der Waals surface area contributed by atoms with E-state index in [0.29, 0.717) is 11.5 Å². The van der Waals surface area contributed by atoms with Gasteiger partial charge in [-0.2, -0.15) is 0 Å². The Kier molecular flexibility index (Phi) is 2.88. The molecule has 0 spiro atoms. The lowest BCUT2D eigenvalue weighted by atomic mass is 10.1. The topological polar surface area (TPSA) is 72.9 Å². The van der Waals surface area contributed by atoms with Crippen LogP contribution in [0.1, 0.15) is 29.1 Å². The van der Waals surface area contributed by atoms with Crippen LogP contribution in [0.3, 0.4) is 0 Å². The van der Waals surface area contributed by atoms with Crippen LogP contribution in [0.2, 0.25) is 0 Å². The zero-order valence-corrected chi connectivity index (χ0v) is 12.4. The average Bonchev–Trinajstić information content (AvgIpc) is 3.13. The maximum absolute atomic E-state index is 5.92. The summed E-state index contributed by atoms with van der Waals surface area (Å²) in [6.45, 7) is 2.42. The molecule has 0 aromatic carbocycles. The van der Waals surface area contributed by atoms with E-state index in [9.17, 15) is 0 Å². The number of anilines is 1. The van der Waals surface area contributed by atoms with E-state index >= 15 is 0 Å². The van der Waals surface area contributed by atoms with E-state index in [1.807, 2.05) is 0 Å². The number of thiocarbonyl (C=S) groups is 1. The van der Waals surface area contributed by atoms with Crippen molar-refractivity contribution in [3.05, 3.63) is 35.0 Å². The summed E-state index contributed by atoms with van der Waals surface area (Å²) in [6, 6.07) is 2.13. The molecule has 108 valence electrons.